The molecule has 1 aliphatic rings. The van der Waals surface area contributed by atoms with Crippen LogP contribution in [0.5, 0.6) is 0 Å². The standard InChI is InChI=1S/C17H24FNO3/c1-21-13-17(20)19-8-5-14(6-9-19)7-10-22-12-15-3-2-4-16(18)11-15/h2-4,11,14H,5-10,12-13H2,1H3. The molecule has 1 heterocycles. The van der Waals surface area contributed by atoms with E-state index in [1.54, 1.807) is 13.2 Å². The molecule has 1 aliphatic heterocycles. The molecule has 2 rings (SSSR count). The second-order valence-corrected chi connectivity index (χ2v) is 5.73. The van der Waals surface area contributed by atoms with Crippen LogP contribution in [0.2, 0.25) is 0 Å². The van der Waals surface area contributed by atoms with Crippen molar-refractivity contribution >= 4 is 5.91 Å². The molecule has 4 nitrogen and oxygen atoms in total. The number of amides is 1. The number of halogens is 1. The third kappa shape index (κ3) is 5.39. The first-order valence-electron chi connectivity index (χ1n) is 7.78. The van der Waals surface area contributed by atoms with Crippen molar-refractivity contribution in [2.24, 2.45) is 5.92 Å². The first kappa shape index (κ1) is 16.9. The number of carbonyl (C=O) groups excluding carboxylic acids is 1. The van der Waals surface area contributed by atoms with E-state index in [-0.39, 0.29) is 18.3 Å². The largest absolute Gasteiger partial charge is 0.377 e. The van der Waals surface area contributed by atoms with E-state index in [0.717, 1.165) is 37.9 Å². The van der Waals surface area contributed by atoms with Crippen molar-refractivity contribution in [1.29, 1.82) is 0 Å². The van der Waals surface area contributed by atoms with Crippen LogP contribution in [0.4, 0.5) is 4.39 Å². The average molecular weight is 309 g/mol. The smallest absolute Gasteiger partial charge is 0.248 e. The highest BCUT2D eigenvalue weighted by molar-refractivity contribution is 5.77. The van der Waals surface area contributed by atoms with Gasteiger partial charge in [-0.05, 0) is 42.9 Å². The van der Waals surface area contributed by atoms with Gasteiger partial charge in [0, 0.05) is 26.8 Å². The third-order valence-electron chi connectivity index (χ3n) is 4.06. The Balaban J connectivity index is 1.60. The summed E-state index contributed by atoms with van der Waals surface area (Å²) in [6, 6.07) is 6.49. The van der Waals surface area contributed by atoms with E-state index in [2.05, 4.69) is 0 Å². The maximum absolute atomic E-state index is 13.0. The second-order valence-electron chi connectivity index (χ2n) is 5.73. The van der Waals surface area contributed by atoms with E-state index < -0.39 is 0 Å². The van der Waals surface area contributed by atoms with Gasteiger partial charge in [-0.2, -0.15) is 0 Å². The zero-order chi connectivity index (χ0) is 15.8. The Morgan fingerprint density at radius 1 is 1.36 bits per heavy atom. The molecule has 0 bridgehead atoms. The number of likely N-dealkylation sites (tertiary alicyclic amines) is 1. The number of nitrogens with zero attached hydrogens (tertiary/aromatic N) is 1. The van der Waals surface area contributed by atoms with Crippen LogP contribution in [-0.2, 0) is 20.9 Å². The van der Waals surface area contributed by atoms with Crippen LogP contribution in [0.15, 0.2) is 24.3 Å². The molecule has 1 aromatic rings. The Morgan fingerprint density at radius 3 is 2.82 bits per heavy atom. The number of benzene rings is 1. The van der Waals surface area contributed by atoms with Gasteiger partial charge in [-0.15, -0.1) is 0 Å². The molecule has 5 heteroatoms. The zero-order valence-electron chi connectivity index (χ0n) is 13.1. The molecule has 122 valence electrons. The summed E-state index contributed by atoms with van der Waals surface area (Å²) in [5, 5.41) is 0. The lowest BCUT2D eigenvalue weighted by Crippen LogP contribution is -2.40. The van der Waals surface area contributed by atoms with E-state index in [0.29, 0.717) is 19.1 Å². The Kier molecular flexibility index (Phi) is 6.80. The van der Waals surface area contributed by atoms with Crippen molar-refractivity contribution in [2.45, 2.75) is 25.9 Å². The Hall–Kier alpha value is -1.46. The molecule has 0 aromatic heterocycles. The van der Waals surface area contributed by atoms with Gasteiger partial charge >= 0.3 is 0 Å². The molecule has 0 N–H and O–H groups in total. The minimum Gasteiger partial charge on any atom is -0.377 e. The van der Waals surface area contributed by atoms with Crippen LogP contribution in [0.1, 0.15) is 24.8 Å². The van der Waals surface area contributed by atoms with E-state index in [9.17, 15) is 9.18 Å². The number of carbonyl (C=O) groups is 1. The Labute approximate surface area is 131 Å². The predicted molar refractivity (Wildman–Crippen MR) is 81.9 cm³/mol. The number of methoxy groups -OCH3 is 1. The number of ether oxygens (including phenoxy) is 2. The number of hydrogen-bond acceptors (Lipinski definition) is 3. The summed E-state index contributed by atoms with van der Waals surface area (Å²) >= 11 is 0. The quantitative estimate of drug-likeness (QED) is 0.727. The highest BCUT2D eigenvalue weighted by Crippen LogP contribution is 2.20. The van der Waals surface area contributed by atoms with Crippen LogP contribution >= 0.6 is 0 Å². The van der Waals surface area contributed by atoms with Crippen LogP contribution in [0.3, 0.4) is 0 Å². The van der Waals surface area contributed by atoms with Crippen molar-refractivity contribution in [3.8, 4) is 0 Å². The molecule has 0 radical (unpaired) electrons. The monoisotopic (exact) mass is 309 g/mol. The van der Waals surface area contributed by atoms with Crippen molar-refractivity contribution in [2.75, 3.05) is 33.4 Å². The first-order chi connectivity index (χ1) is 10.7. The highest BCUT2D eigenvalue weighted by atomic mass is 19.1. The van der Waals surface area contributed by atoms with Gasteiger partial charge in [0.25, 0.3) is 0 Å². The third-order valence-corrected chi connectivity index (χ3v) is 4.06. The summed E-state index contributed by atoms with van der Waals surface area (Å²) in [6.07, 6.45) is 3.01. The molecule has 1 fully saturated rings. The van der Waals surface area contributed by atoms with E-state index in [4.69, 9.17) is 9.47 Å². The predicted octanol–water partition coefficient (Wildman–Crippen LogP) is 2.62. The van der Waals surface area contributed by atoms with Gasteiger partial charge in [-0.1, -0.05) is 12.1 Å². The normalized spacial score (nSPS) is 16.0. The van der Waals surface area contributed by atoms with Crippen molar-refractivity contribution in [3.05, 3.63) is 35.6 Å². The van der Waals surface area contributed by atoms with Gasteiger partial charge in [-0.25, -0.2) is 4.39 Å². The molecular weight excluding hydrogens is 285 g/mol. The Morgan fingerprint density at radius 2 is 2.14 bits per heavy atom. The second kappa shape index (κ2) is 8.86. The first-order valence-corrected chi connectivity index (χ1v) is 7.78. The lowest BCUT2D eigenvalue weighted by Gasteiger charge is -2.31. The van der Waals surface area contributed by atoms with Crippen molar-refractivity contribution in [1.82, 2.24) is 4.90 Å². The minimum absolute atomic E-state index is 0.0725. The van der Waals surface area contributed by atoms with Crippen molar-refractivity contribution in [3.63, 3.8) is 0 Å². The number of piperidine rings is 1. The Bertz CT molecular complexity index is 473. The summed E-state index contributed by atoms with van der Waals surface area (Å²) in [6.45, 7) is 2.89. The summed E-state index contributed by atoms with van der Waals surface area (Å²) in [7, 11) is 1.54. The van der Waals surface area contributed by atoms with E-state index >= 15 is 0 Å². The topological polar surface area (TPSA) is 38.8 Å². The van der Waals surface area contributed by atoms with E-state index in [1.165, 1.54) is 12.1 Å². The summed E-state index contributed by atoms with van der Waals surface area (Å²) in [5.74, 6) is 0.441. The number of rotatable bonds is 7. The molecule has 1 aromatic carbocycles. The zero-order valence-corrected chi connectivity index (χ0v) is 13.1. The lowest BCUT2D eigenvalue weighted by molar-refractivity contribution is -0.136. The minimum atomic E-state index is -0.228. The summed E-state index contributed by atoms with van der Waals surface area (Å²) in [4.78, 5) is 13.6. The molecule has 22 heavy (non-hydrogen) atoms. The maximum atomic E-state index is 13.0. The lowest BCUT2D eigenvalue weighted by atomic mass is 9.94. The molecule has 0 saturated carbocycles. The molecule has 1 amide bonds. The van der Waals surface area contributed by atoms with Crippen LogP contribution in [-0.4, -0.2) is 44.2 Å². The van der Waals surface area contributed by atoms with Crippen LogP contribution < -0.4 is 0 Å². The summed E-state index contributed by atoms with van der Waals surface area (Å²) in [5.41, 5.74) is 0.861. The molecule has 0 unspecified atom stereocenters. The SMILES string of the molecule is COCC(=O)N1CCC(CCOCc2cccc(F)c2)CC1. The molecule has 0 spiro atoms. The number of hydrogen-bond donors (Lipinski definition) is 0. The van der Waals surface area contributed by atoms with E-state index in [1.807, 2.05) is 11.0 Å². The van der Waals surface area contributed by atoms with Gasteiger partial charge in [0.2, 0.25) is 5.91 Å². The highest BCUT2D eigenvalue weighted by Gasteiger charge is 2.22. The fourth-order valence-corrected chi connectivity index (χ4v) is 2.75. The van der Waals surface area contributed by atoms with Crippen molar-refractivity contribution < 1.29 is 18.7 Å². The average Bonchev–Trinajstić information content (AvgIpc) is 2.52. The van der Waals surface area contributed by atoms with Crippen LogP contribution in [0.25, 0.3) is 0 Å². The summed E-state index contributed by atoms with van der Waals surface area (Å²) < 4.78 is 23.5. The molecule has 0 aliphatic carbocycles. The fourth-order valence-electron chi connectivity index (χ4n) is 2.75. The molecule has 1 saturated heterocycles. The van der Waals surface area contributed by atoms with Gasteiger partial charge < -0.3 is 14.4 Å². The van der Waals surface area contributed by atoms with Gasteiger partial charge in [0.15, 0.2) is 0 Å². The van der Waals surface area contributed by atoms with Gasteiger partial charge in [0.1, 0.15) is 12.4 Å². The molecule has 0 atom stereocenters. The van der Waals surface area contributed by atoms with Crippen LogP contribution in [0, 0.1) is 11.7 Å². The fraction of sp³-hybridized carbons (Fsp3) is 0.588. The van der Waals surface area contributed by atoms with Gasteiger partial charge in [-0.3, -0.25) is 4.79 Å². The maximum Gasteiger partial charge on any atom is 0.248 e. The van der Waals surface area contributed by atoms with Gasteiger partial charge in [0.05, 0.1) is 6.61 Å². The molecular formula is C17H24FNO3.